The minimum Gasteiger partial charge on any atom is -0.379 e. The van der Waals surface area contributed by atoms with Gasteiger partial charge in [-0.3, -0.25) is 24.1 Å². The standard InChI is InChI=1S/C30H30N4O5/c1-20-17-23(8-10-24(20)29(36)33-39-16-13-34-11-14-38-15-12-34)31-28(22-5-3-2-4-6-22)27-25-9-7-21(19-35)18-26(25)32-30(27)37/h2-10,17-19,31H,11-16H2,1H3,(H,32,37)(H,33,36)/b28-27-. The quantitative estimate of drug-likeness (QED) is 0.169. The molecule has 5 rings (SSSR count). The lowest BCUT2D eigenvalue weighted by Crippen LogP contribution is -2.39. The van der Waals surface area contributed by atoms with E-state index in [1.54, 1.807) is 30.3 Å². The second kappa shape index (κ2) is 12.0. The fraction of sp³-hybridized carbons (Fsp3) is 0.233. The van der Waals surface area contributed by atoms with Gasteiger partial charge in [0.15, 0.2) is 0 Å². The maximum absolute atomic E-state index is 13.1. The lowest BCUT2D eigenvalue weighted by Gasteiger charge is -2.26. The van der Waals surface area contributed by atoms with E-state index in [0.717, 1.165) is 42.7 Å². The summed E-state index contributed by atoms with van der Waals surface area (Å²) in [4.78, 5) is 44.7. The summed E-state index contributed by atoms with van der Waals surface area (Å²) in [6, 6.07) is 20.1. The molecule has 0 spiro atoms. The van der Waals surface area contributed by atoms with Crippen LogP contribution < -0.4 is 16.1 Å². The van der Waals surface area contributed by atoms with Crippen LogP contribution in [0.4, 0.5) is 11.4 Å². The van der Waals surface area contributed by atoms with Gasteiger partial charge in [0.05, 0.1) is 31.1 Å². The Hall–Kier alpha value is -4.31. The number of rotatable bonds is 9. The zero-order chi connectivity index (χ0) is 27.2. The zero-order valence-corrected chi connectivity index (χ0v) is 21.7. The Morgan fingerprint density at radius 3 is 2.62 bits per heavy atom. The van der Waals surface area contributed by atoms with Gasteiger partial charge in [0.25, 0.3) is 11.8 Å². The number of amides is 2. The fourth-order valence-corrected chi connectivity index (χ4v) is 4.71. The Kier molecular flexibility index (Phi) is 8.12. The summed E-state index contributed by atoms with van der Waals surface area (Å²) in [5.41, 5.74) is 8.19. The summed E-state index contributed by atoms with van der Waals surface area (Å²) < 4.78 is 5.34. The van der Waals surface area contributed by atoms with Crippen LogP contribution in [0.5, 0.6) is 0 Å². The van der Waals surface area contributed by atoms with E-state index in [2.05, 4.69) is 21.0 Å². The molecule has 1 fully saturated rings. The van der Waals surface area contributed by atoms with E-state index in [4.69, 9.17) is 9.57 Å². The van der Waals surface area contributed by atoms with Crippen molar-refractivity contribution in [1.29, 1.82) is 0 Å². The van der Waals surface area contributed by atoms with Crippen LogP contribution in [0.25, 0.3) is 11.3 Å². The SMILES string of the molecule is Cc1cc(N/C(=C2\C(=O)Nc3cc(C=O)ccc32)c2ccccc2)ccc1C(=O)NOCCN1CCOCC1. The minimum absolute atomic E-state index is 0.263. The third kappa shape index (κ3) is 6.06. The Morgan fingerprint density at radius 2 is 1.87 bits per heavy atom. The molecule has 39 heavy (non-hydrogen) atoms. The molecule has 3 N–H and O–H groups in total. The first-order chi connectivity index (χ1) is 19.0. The lowest BCUT2D eigenvalue weighted by molar-refractivity contribution is -0.110. The van der Waals surface area contributed by atoms with Gasteiger partial charge in [0.2, 0.25) is 0 Å². The molecule has 0 bridgehead atoms. The number of nitrogens with one attached hydrogen (secondary N) is 3. The Morgan fingerprint density at radius 1 is 1.08 bits per heavy atom. The molecule has 3 aromatic rings. The van der Waals surface area contributed by atoms with Crippen LogP contribution in [0.2, 0.25) is 0 Å². The van der Waals surface area contributed by atoms with E-state index in [9.17, 15) is 14.4 Å². The number of hydrogen-bond acceptors (Lipinski definition) is 7. The summed E-state index contributed by atoms with van der Waals surface area (Å²) in [6.45, 7) is 6.10. The van der Waals surface area contributed by atoms with Crippen LogP contribution in [0.15, 0.2) is 66.7 Å². The fourth-order valence-electron chi connectivity index (χ4n) is 4.71. The number of morpholine rings is 1. The Labute approximate surface area is 226 Å². The summed E-state index contributed by atoms with van der Waals surface area (Å²) >= 11 is 0. The highest BCUT2D eigenvalue weighted by Gasteiger charge is 2.28. The number of anilines is 2. The first-order valence-corrected chi connectivity index (χ1v) is 12.8. The zero-order valence-electron chi connectivity index (χ0n) is 21.7. The van der Waals surface area contributed by atoms with E-state index in [1.807, 2.05) is 43.3 Å². The summed E-state index contributed by atoms with van der Waals surface area (Å²) in [5, 5.41) is 6.27. The number of hydrogen-bond donors (Lipinski definition) is 3. The molecule has 9 heteroatoms. The average Bonchev–Trinajstić information content (AvgIpc) is 3.29. The van der Waals surface area contributed by atoms with Gasteiger partial charge in [-0.2, -0.15) is 0 Å². The van der Waals surface area contributed by atoms with Gasteiger partial charge in [-0.05, 0) is 42.3 Å². The first-order valence-electron chi connectivity index (χ1n) is 12.8. The smallest absolute Gasteiger partial charge is 0.275 e. The van der Waals surface area contributed by atoms with E-state index in [-0.39, 0.29) is 11.8 Å². The van der Waals surface area contributed by atoms with Crippen LogP contribution in [0, 0.1) is 6.92 Å². The van der Waals surface area contributed by atoms with E-state index < -0.39 is 0 Å². The van der Waals surface area contributed by atoms with Crippen LogP contribution >= 0.6 is 0 Å². The molecule has 0 aromatic heterocycles. The number of aryl methyl sites for hydroxylation is 1. The third-order valence-corrected chi connectivity index (χ3v) is 6.76. The maximum atomic E-state index is 13.1. The van der Waals surface area contributed by atoms with Crippen molar-refractivity contribution in [2.24, 2.45) is 0 Å². The van der Waals surface area contributed by atoms with Gasteiger partial charge in [-0.15, -0.1) is 0 Å². The molecule has 2 aliphatic rings. The van der Waals surface area contributed by atoms with Crippen molar-refractivity contribution in [2.75, 3.05) is 50.1 Å². The molecule has 9 nitrogen and oxygen atoms in total. The van der Waals surface area contributed by atoms with Crippen molar-refractivity contribution in [3.8, 4) is 0 Å². The molecule has 3 aromatic carbocycles. The molecule has 0 aliphatic carbocycles. The van der Waals surface area contributed by atoms with Gasteiger partial charge in [-0.1, -0.05) is 42.5 Å². The maximum Gasteiger partial charge on any atom is 0.275 e. The highest BCUT2D eigenvalue weighted by molar-refractivity contribution is 6.37. The molecular weight excluding hydrogens is 496 g/mol. The van der Waals surface area contributed by atoms with Crippen LogP contribution in [0.3, 0.4) is 0 Å². The highest BCUT2D eigenvalue weighted by atomic mass is 16.7. The summed E-state index contributed by atoms with van der Waals surface area (Å²) in [6.07, 6.45) is 0.750. The van der Waals surface area contributed by atoms with E-state index >= 15 is 0 Å². The minimum atomic E-state index is -0.322. The van der Waals surface area contributed by atoms with Crippen molar-refractivity contribution in [3.63, 3.8) is 0 Å². The predicted molar refractivity (Wildman–Crippen MR) is 149 cm³/mol. The number of carbonyl (C=O) groups is 3. The highest BCUT2D eigenvalue weighted by Crippen LogP contribution is 2.38. The van der Waals surface area contributed by atoms with Gasteiger partial charge in [0.1, 0.15) is 6.29 Å². The second-order valence-corrected chi connectivity index (χ2v) is 9.38. The van der Waals surface area contributed by atoms with Crippen molar-refractivity contribution in [1.82, 2.24) is 10.4 Å². The van der Waals surface area contributed by atoms with Crippen LogP contribution in [-0.2, 0) is 14.4 Å². The number of nitrogens with zero attached hydrogens (tertiary/aromatic N) is 1. The van der Waals surface area contributed by atoms with Crippen molar-refractivity contribution < 1.29 is 24.0 Å². The Bertz CT molecular complexity index is 1410. The summed E-state index contributed by atoms with van der Waals surface area (Å²) in [7, 11) is 0. The summed E-state index contributed by atoms with van der Waals surface area (Å²) in [5.74, 6) is -0.584. The van der Waals surface area contributed by atoms with Gasteiger partial charge >= 0.3 is 0 Å². The van der Waals surface area contributed by atoms with Gasteiger partial charge in [0, 0.05) is 47.7 Å². The topological polar surface area (TPSA) is 109 Å². The monoisotopic (exact) mass is 526 g/mol. The largest absolute Gasteiger partial charge is 0.379 e. The molecule has 1 saturated heterocycles. The van der Waals surface area contributed by atoms with Crippen molar-refractivity contribution >= 4 is 40.7 Å². The molecular formula is C30H30N4O5. The molecule has 0 saturated carbocycles. The van der Waals surface area contributed by atoms with Crippen molar-refractivity contribution in [2.45, 2.75) is 6.92 Å². The Balaban J connectivity index is 1.34. The van der Waals surface area contributed by atoms with Gasteiger partial charge < -0.3 is 15.4 Å². The second-order valence-electron chi connectivity index (χ2n) is 9.38. The predicted octanol–water partition coefficient (Wildman–Crippen LogP) is 3.73. The van der Waals surface area contributed by atoms with Crippen LogP contribution in [-0.4, -0.2) is 62.5 Å². The molecule has 2 heterocycles. The number of hydroxylamine groups is 1. The number of carbonyl (C=O) groups excluding carboxylic acids is 3. The molecule has 2 aliphatic heterocycles. The first kappa shape index (κ1) is 26.3. The third-order valence-electron chi connectivity index (χ3n) is 6.76. The number of benzene rings is 3. The number of ether oxygens (including phenoxy) is 1. The van der Waals surface area contributed by atoms with Crippen LogP contribution in [0.1, 0.15) is 37.4 Å². The molecule has 200 valence electrons. The normalized spacial score (nSPS) is 16.3. The molecule has 0 unspecified atom stereocenters. The van der Waals surface area contributed by atoms with E-state index in [1.165, 1.54) is 0 Å². The molecule has 0 radical (unpaired) electrons. The number of fused-ring (bicyclic) bond motifs is 1. The molecule has 0 atom stereocenters. The van der Waals surface area contributed by atoms with Crippen molar-refractivity contribution in [3.05, 3.63) is 94.5 Å². The van der Waals surface area contributed by atoms with E-state index in [0.29, 0.717) is 53.5 Å². The van der Waals surface area contributed by atoms with Gasteiger partial charge in [-0.25, -0.2) is 5.48 Å². The molecule has 2 amide bonds. The average molecular weight is 527 g/mol. The number of aldehydes is 1. The lowest BCUT2D eigenvalue weighted by atomic mass is 9.99.